The molecule has 0 unspecified atom stereocenters. The molecule has 5 nitrogen and oxygen atoms in total. The highest BCUT2D eigenvalue weighted by Gasteiger charge is 2.17. The molecule has 2 aromatic rings. The molecule has 110 valence electrons. The third-order valence-corrected chi connectivity index (χ3v) is 4.02. The van der Waals surface area contributed by atoms with Crippen molar-refractivity contribution >= 4 is 5.78 Å². The highest BCUT2D eigenvalue weighted by Crippen LogP contribution is 2.27. The van der Waals surface area contributed by atoms with Gasteiger partial charge in [0.1, 0.15) is 5.69 Å². The molecule has 0 amide bonds. The molecule has 0 bridgehead atoms. The van der Waals surface area contributed by atoms with Gasteiger partial charge in [-0.1, -0.05) is 19.3 Å². The summed E-state index contributed by atoms with van der Waals surface area (Å²) in [7, 11) is 0. The largest absolute Gasteiger partial charge is 0.292 e. The van der Waals surface area contributed by atoms with Crippen molar-refractivity contribution in [1.29, 1.82) is 0 Å². The fraction of sp³-hybridized carbons (Fsp3) is 0.500. The maximum absolute atomic E-state index is 12.2. The van der Waals surface area contributed by atoms with Gasteiger partial charge < -0.3 is 0 Å². The number of carbonyl (C=O) groups is 1. The maximum Gasteiger partial charge on any atom is 0.188 e. The molecule has 0 N–H and O–H groups in total. The molecule has 21 heavy (non-hydrogen) atoms. The lowest BCUT2D eigenvalue weighted by atomic mass is 9.96. The molecule has 0 atom stereocenters. The third kappa shape index (κ3) is 3.35. The van der Waals surface area contributed by atoms with Crippen LogP contribution in [0.2, 0.25) is 0 Å². The number of aryl methyl sites for hydroxylation is 1. The van der Waals surface area contributed by atoms with Crippen molar-refractivity contribution in [2.75, 3.05) is 0 Å². The van der Waals surface area contributed by atoms with Crippen LogP contribution in [0, 0.1) is 6.92 Å². The first-order valence-electron chi connectivity index (χ1n) is 7.58. The Bertz CT molecular complexity index is 611. The molecule has 0 saturated heterocycles. The van der Waals surface area contributed by atoms with Crippen LogP contribution < -0.4 is 0 Å². The zero-order valence-electron chi connectivity index (χ0n) is 12.3. The topological polar surface area (TPSA) is 60.7 Å². The number of hydrogen-bond donors (Lipinski definition) is 0. The lowest BCUT2D eigenvalue weighted by Crippen LogP contribution is -2.14. The van der Waals surface area contributed by atoms with Gasteiger partial charge in [-0.2, -0.15) is 5.10 Å². The molecule has 1 aliphatic rings. The number of aromatic nitrogens is 4. The number of hydrogen-bond acceptors (Lipinski definition) is 4. The summed E-state index contributed by atoms with van der Waals surface area (Å²) in [5.74, 6) is -0.0311. The van der Waals surface area contributed by atoms with Crippen LogP contribution in [0.3, 0.4) is 0 Å². The monoisotopic (exact) mass is 284 g/mol. The Labute approximate surface area is 124 Å². The lowest BCUT2D eigenvalue weighted by Gasteiger charge is -2.21. The van der Waals surface area contributed by atoms with Crippen LogP contribution in [0.5, 0.6) is 0 Å². The number of Topliss-reactive ketones (excluding diaryl/α,β-unsaturated/α-hetero) is 1. The summed E-state index contributed by atoms with van der Waals surface area (Å²) in [5.41, 5.74) is 2.04. The maximum atomic E-state index is 12.2. The van der Waals surface area contributed by atoms with E-state index in [4.69, 9.17) is 0 Å². The van der Waals surface area contributed by atoms with Crippen molar-refractivity contribution in [3.63, 3.8) is 0 Å². The van der Waals surface area contributed by atoms with E-state index in [-0.39, 0.29) is 12.2 Å². The van der Waals surface area contributed by atoms with Gasteiger partial charge in [-0.25, -0.2) is 4.98 Å². The van der Waals surface area contributed by atoms with Gasteiger partial charge in [0.2, 0.25) is 0 Å². The van der Waals surface area contributed by atoms with E-state index < -0.39 is 0 Å². The van der Waals surface area contributed by atoms with Crippen molar-refractivity contribution in [1.82, 2.24) is 19.7 Å². The number of rotatable bonds is 4. The van der Waals surface area contributed by atoms with Crippen molar-refractivity contribution in [2.45, 2.75) is 51.5 Å². The molecule has 0 radical (unpaired) electrons. The highest BCUT2D eigenvalue weighted by molar-refractivity contribution is 5.95. The van der Waals surface area contributed by atoms with E-state index in [2.05, 4.69) is 15.1 Å². The van der Waals surface area contributed by atoms with Crippen molar-refractivity contribution in [2.24, 2.45) is 0 Å². The van der Waals surface area contributed by atoms with Crippen molar-refractivity contribution in [3.8, 4) is 0 Å². The van der Waals surface area contributed by atoms with Crippen LogP contribution in [0.1, 0.15) is 60.0 Å². The molecule has 3 rings (SSSR count). The molecule has 0 aromatic carbocycles. The zero-order chi connectivity index (χ0) is 14.7. The summed E-state index contributed by atoms with van der Waals surface area (Å²) >= 11 is 0. The molecule has 1 saturated carbocycles. The molecule has 0 spiro atoms. The average Bonchev–Trinajstić information content (AvgIpc) is 2.97. The second-order valence-corrected chi connectivity index (χ2v) is 5.72. The first kappa shape index (κ1) is 13.9. The quantitative estimate of drug-likeness (QED) is 0.810. The summed E-state index contributed by atoms with van der Waals surface area (Å²) in [6.45, 7) is 1.85. The van der Waals surface area contributed by atoms with Gasteiger partial charge in [0.05, 0.1) is 30.0 Å². The molecule has 2 heterocycles. The van der Waals surface area contributed by atoms with Crippen LogP contribution in [0.4, 0.5) is 0 Å². The molecular weight excluding hydrogens is 264 g/mol. The first-order chi connectivity index (χ1) is 10.2. The summed E-state index contributed by atoms with van der Waals surface area (Å²) in [6, 6.07) is 2.44. The predicted molar refractivity (Wildman–Crippen MR) is 79.2 cm³/mol. The highest BCUT2D eigenvalue weighted by atomic mass is 16.1. The summed E-state index contributed by atoms with van der Waals surface area (Å²) in [5, 5.41) is 4.56. The van der Waals surface area contributed by atoms with E-state index >= 15 is 0 Å². The second-order valence-electron chi connectivity index (χ2n) is 5.72. The van der Waals surface area contributed by atoms with Crippen molar-refractivity contribution < 1.29 is 4.79 Å². The minimum atomic E-state index is -0.0311. The Morgan fingerprint density at radius 3 is 2.76 bits per heavy atom. The Hall–Kier alpha value is -2.04. The summed E-state index contributed by atoms with van der Waals surface area (Å²) in [4.78, 5) is 20.4. The SMILES string of the molecule is Cc1cnc(C(=O)Cc2ccn(C3CCCCC3)n2)cn1. The van der Waals surface area contributed by atoms with Gasteiger partial charge in [0.25, 0.3) is 0 Å². The Balaban J connectivity index is 1.66. The summed E-state index contributed by atoms with van der Waals surface area (Å²) < 4.78 is 2.03. The normalized spacial score (nSPS) is 16.0. The molecule has 1 fully saturated rings. The number of nitrogens with zero attached hydrogens (tertiary/aromatic N) is 4. The molecule has 2 aromatic heterocycles. The summed E-state index contributed by atoms with van der Waals surface area (Å²) in [6.07, 6.45) is 11.7. The van der Waals surface area contributed by atoms with Crippen LogP contribution in [-0.4, -0.2) is 25.5 Å². The zero-order valence-corrected chi connectivity index (χ0v) is 12.3. The van der Waals surface area contributed by atoms with Gasteiger partial charge in [0.15, 0.2) is 5.78 Å². The van der Waals surface area contributed by atoms with Crippen LogP contribution in [0.25, 0.3) is 0 Å². The van der Waals surface area contributed by atoms with E-state index in [0.717, 1.165) is 11.4 Å². The molecule has 5 heteroatoms. The fourth-order valence-corrected chi connectivity index (χ4v) is 2.81. The Kier molecular flexibility index (Phi) is 4.08. The lowest BCUT2D eigenvalue weighted by molar-refractivity contribution is 0.0986. The van der Waals surface area contributed by atoms with E-state index in [9.17, 15) is 4.79 Å². The predicted octanol–water partition coefficient (Wildman–Crippen LogP) is 2.91. The van der Waals surface area contributed by atoms with Crippen LogP contribution in [0.15, 0.2) is 24.7 Å². The number of carbonyl (C=O) groups excluding carboxylic acids is 1. The molecular formula is C16H20N4O. The van der Waals surface area contributed by atoms with E-state index in [1.54, 1.807) is 6.20 Å². The number of ketones is 1. The standard InChI is InChI=1S/C16H20N4O/c1-12-10-18-15(11-17-12)16(21)9-13-7-8-20(19-13)14-5-3-2-4-6-14/h7-8,10-11,14H,2-6,9H2,1H3. The second kappa shape index (κ2) is 6.16. The van der Waals surface area contributed by atoms with Gasteiger partial charge in [0, 0.05) is 12.4 Å². The molecule has 0 aliphatic heterocycles. The van der Waals surface area contributed by atoms with Gasteiger partial charge in [-0.05, 0) is 25.8 Å². The van der Waals surface area contributed by atoms with E-state index in [0.29, 0.717) is 11.7 Å². The van der Waals surface area contributed by atoms with Crippen LogP contribution in [-0.2, 0) is 6.42 Å². The third-order valence-electron chi connectivity index (χ3n) is 4.02. The Morgan fingerprint density at radius 1 is 1.24 bits per heavy atom. The van der Waals surface area contributed by atoms with E-state index in [1.807, 2.05) is 23.9 Å². The van der Waals surface area contributed by atoms with Crippen molar-refractivity contribution in [3.05, 3.63) is 41.7 Å². The first-order valence-corrected chi connectivity index (χ1v) is 7.58. The smallest absolute Gasteiger partial charge is 0.188 e. The van der Waals surface area contributed by atoms with E-state index in [1.165, 1.54) is 38.3 Å². The molecule has 1 aliphatic carbocycles. The fourth-order valence-electron chi connectivity index (χ4n) is 2.81. The van der Waals surface area contributed by atoms with Gasteiger partial charge in [-0.15, -0.1) is 0 Å². The Morgan fingerprint density at radius 2 is 2.05 bits per heavy atom. The minimum Gasteiger partial charge on any atom is -0.292 e. The van der Waals surface area contributed by atoms with Gasteiger partial charge in [-0.3, -0.25) is 14.5 Å². The minimum absolute atomic E-state index is 0.0311. The van der Waals surface area contributed by atoms with Gasteiger partial charge >= 0.3 is 0 Å². The van der Waals surface area contributed by atoms with Crippen LogP contribution >= 0.6 is 0 Å². The average molecular weight is 284 g/mol.